The van der Waals surface area contributed by atoms with Crippen LogP contribution in [-0.2, 0) is 0 Å². The number of nitrogens with zero attached hydrogens (tertiary/aromatic N) is 2. The third kappa shape index (κ3) is 4.04. The Hall–Kier alpha value is -3.42. The summed E-state index contributed by atoms with van der Waals surface area (Å²) in [6.45, 7) is 0. The maximum Gasteiger partial charge on any atom is 0.174 e. The molecule has 1 aliphatic rings. The minimum Gasteiger partial charge on any atom is -0.497 e. The summed E-state index contributed by atoms with van der Waals surface area (Å²) in [5.41, 5.74) is 1.97. The van der Waals surface area contributed by atoms with Crippen molar-refractivity contribution in [1.29, 1.82) is 0 Å². The average Bonchev–Trinajstić information content (AvgIpc) is 3.48. The summed E-state index contributed by atoms with van der Waals surface area (Å²) < 4.78 is 11.2. The second kappa shape index (κ2) is 8.98. The Morgan fingerprint density at radius 3 is 2.25 bits per heavy atom. The van der Waals surface area contributed by atoms with Gasteiger partial charge in [-0.15, -0.1) is 11.3 Å². The van der Waals surface area contributed by atoms with Crippen molar-refractivity contribution in [3.05, 3.63) is 101 Å². The lowest BCUT2D eigenvalue weighted by Crippen LogP contribution is -2.28. The smallest absolute Gasteiger partial charge is 0.174 e. The number of anilines is 1. The van der Waals surface area contributed by atoms with Gasteiger partial charge in [0.2, 0.25) is 0 Å². The fourth-order valence-corrected chi connectivity index (χ4v) is 5.03. The van der Waals surface area contributed by atoms with Crippen LogP contribution in [0, 0.1) is 0 Å². The maximum atomic E-state index is 5.98. The zero-order valence-corrected chi connectivity index (χ0v) is 19.0. The summed E-state index contributed by atoms with van der Waals surface area (Å²) in [5.74, 6) is 2.30. The molecule has 2 aromatic carbocycles. The van der Waals surface area contributed by atoms with Gasteiger partial charge in [0.05, 0.1) is 24.9 Å². The van der Waals surface area contributed by atoms with Crippen LogP contribution in [0.3, 0.4) is 0 Å². The predicted octanol–water partition coefficient (Wildman–Crippen LogP) is 6.12. The molecule has 0 saturated carbocycles. The molecule has 1 fully saturated rings. The van der Waals surface area contributed by atoms with Crippen LogP contribution in [0.5, 0.6) is 17.2 Å². The molecule has 5 rings (SSSR count). The third-order valence-corrected chi connectivity index (χ3v) is 6.60. The van der Waals surface area contributed by atoms with Gasteiger partial charge >= 0.3 is 0 Å². The molecule has 2 aromatic heterocycles. The molecule has 7 heteroatoms. The molecule has 0 amide bonds. The van der Waals surface area contributed by atoms with Crippen LogP contribution in [0.15, 0.2) is 90.4 Å². The highest BCUT2D eigenvalue weighted by molar-refractivity contribution is 7.80. The molecule has 32 heavy (non-hydrogen) atoms. The van der Waals surface area contributed by atoms with Gasteiger partial charge in [0.15, 0.2) is 5.11 Å². The fraction of sp³-hybridized carbons (Fsp3) is 0.120. The minimum absolute atomic E-state index is 0.0192. The molecule has 0 radical (unpaired) electrons. The fourth-order valence-electron chi connectivity index (χ4n) is 3.84. The number of pyridine rings is 1. The van der Waals surface area contributed by atoms with Crippen molar-refractivity contribution < 1.29 is 9.47 Å². The van der Waals surface area contributed by atoms with Gasteiger partial charge in [-0.05, 0) is 84.3 Å². The van der Waals surface area contributed by atoms with E-state index in [1.165, 1.54) is 4.88 Å². The lowest BCUT2D eigenvalue weighted by atomic mass is 10.0. The van der Waals surface area contributed by atoms with E-state index in [0.29, 0.717) is 5.11 Å². The second-order valence-electron chi connectivity index (χ2n) is 7.28. The van der Waals surface area contributed by atoms with Gasteiger partial charge in [-0.25, -0.2) is 0 Å². The first-order chi connectivity index (χ1) is 15.7. The molecule has 160 valence electrons. The van der Waals surface area contributed by atoms with Crippen molar-refractivity contribution in [2.45, 2.75) is 12.1 Å². The van der Waals surface area contributed by atoms with Crippen LogP contribution in [0.2, 0.25) is 0 Å². The van der Waals surface area contributed by atoms with Crippen LogP contribution >= 0.6 is 23.6 Å². The molecule has 1 aliphatic heterocycles. The van der Waals surface area contributed by atoms with E-state index in [9.17, 15) is 0 Å². The number of nitrogens with one attached hydrogen (secondary N) is 1. The summed E-state index contributed by atoms with van der Waals surface area (Å²) in [5, 5.41) is 6.26. The van der Waals surface area contributed by atoms with E-state index in [4.69, 9.17) is 21.7 Å². The highest BCUT2D eigenvalue weighted by Gasteiger charge is 2.41. The van der Waals surface area contributed by atoms with Gasteiger partial charge < -0.3 is 19.7 Å². The number of hydrogen-bond acceptors (Lipinski definition) is 5. The van der Waals surface area contributed by atoms with Crippen LogP contribution < -0.4 is 19.7 Å². The summed E-state index contributed by atoms with van der Waals surface area (Å²) in [6, 6.07) is 25.7. The quantitative estimate of drug-likeness (QED) is 0.351. The molecule has 1 N–H and O–H groups in total. The summed E-state index contributed by atoms with van der Waals surface area (Å²) in [7, 11) is 1.65. The summed E-state index contributed by atoms with van der Waals surface area (Å²) >= 11 is 7.48. The maximum absolute atomic E-state index is 5.98. The Morgan fingerprint density at radius 1 is 0.906 bits per heavy atom. The van der Waals surface area contributed by atoms with Gasteiger partial charge in [0.1, 0.15) is 17.2 Å². The number of thiocarbonyl (C=S) groups is 1. The molecule has 0 aliphatic carbocycles. The van der Waals surface area contributed by atoms with Crippen molar-refractivity contribution in [3.8, 4) is 17.2 Å². The standard InChI is InChI=1S/C25H21N3O2S2/c1-29-18-11-13-20(14-12-18)30-19-9-7-17(8-10-19)28-24(22-6-4-16-32-22)23(27-25(28)31)21-5-2-3-15-26-21/h2-16,23-24H,1H3,(H,27,31)/t23-,24+/m0/s1. The van der Waals surface area contributed by atoms with Crippen molar-refractivity contribution in [3.63, 3.8) is 0 Å². The van der Waals surface area contributed by atoms with E-state index < -0.39 is 0 Å². The molecule has 0 unspecified atom stereocenters. The van der Waals surface area contributed by atoms with E-state index in [1.807, 2.05) is 72.9 Å². The Balaban J connectivity index is 1.42. The number of methoxy groups -OCH3 is 1. The molecule has 1 saturated heterocycles. The molecule has 3 heterocycles. The van der Waals surface area contributed by atoms with Crippen LogP contribution in [0.1, 0.15) is 22.7 Å². The lowest BCUT2D eigenvalue weighted by molar-refractivity contribution is 0.413. The van der Waals surface area contributed by atoms with E-state index in [1.54, 1.807) is 18.4 Å². The first kappa shape index (κ1) is 20.5. The van der Waals surface area contributed by atoms with Crippen molar-refractivity contribution in [1.82, 2.24) is 10.3 Å². The van der Waals surface area contributed by atoms with Crippen LogP contribution in [-0.4, -0.2) is 17.2 Å². The number of aromatic nitrogens is 1. The van der Waals surface area contributed by atoms with Gasteiger partial charge in [0.25, 0.3) is 0 Å². The van der Waals surface area contributed by atoms with Crippen molar-refractivity contribution >= 4 is 34.4 Å². The largest absolute Gasteiger partial charge is 0.497 e. The minimum atomic E-state index is -0.0300. The molecule has 0 spiro atoms. The molecule has 0 bridgehead atoms. The number of rotatable bonds is 6. The first-order valence-corrected chi connectivity index (χ1v) is 11.5. The lowest BCUT2D eigenvalue weighted by Gasteiger charge is -2.27. The number of hydrogen-bond donors (Lipinski definition) is 1. The first-order valence-electron chi connectivity index (χ1n) is 10.2. The zero-order valence-electron chi connectivity index (χ0n) is 17.3. The zero-order chi connectivity index (χ0) is 21.9. The van der Waals surface area contributed by atoms with Gasteiger partial charge in [-0.3, -0.25) is 4.98 Å². The molecular weight excluding hydrogens is 438 g/mol. The molecule has 4 aromatic rings. The van der Waals surface area contributed by atoms with E-state index >= 15 is 0 Å². The highest BCUT2D eigenvalue weighted by atomic mass is 32.1. The monoisotopic (exact) mass is 459 g/mol. The van der Waals surface area contributed by atoms with Crippen LogP contribution in [0.4, 0.5) is 5.69 Å². The summed E-state index contributed by atoms with van der Waals surface area (Å²) in [4.78, 5) is 7.98. The highest BCUT2D eigenvalue weighted by Crippen LogP contribution is 2.43. The van der Waals surface area contributed by atoms with Gasteiger partial charge in [-0.2, -0.15) is 0 Å². The SMILES string of the molecule is COc1ccc(Oc2ccc(N3C(=S)N[C@@H](c4ccccn4)[C@H]3c3cccs3)cc2)cc1. The topological polar surface area (TPSA) is 46.6 Å². The average molecular weight is 460 g/mol. The number of thiophene rings is 1. The van der Waals surface area contributed by atoms with Crippen molar-refractivity contribution in [2.24, 2.45) is 0 Å². The summed E-state index contributed by atoms with van der Waals surface area (Å²) in [6.07, 6.45) is 1.82. The van der Waals surface area contributed by atoms with E-state index in [-0.39, 0.29) is 12.1 Å². The van der Waals surface area contributed by atoms with Crippen LogP contribution in [0.25, 0.3) is 0 Å². The number of ether oxygens (including phenoxy) is 2. The van der Waals surface area contributed by atoms with E-state index in [2.05, 4.69) is 32.7 Å². The number of benzene rings is 2. The molecule has 5 nitrogen and oxygen atoms in total. The Labute approximate surface area is 196 Å². The Bertz CT molecular complexity index is 1180. The second-order valence-corrected chi connectivity index (χ2v) is 8.65. The van der Waals surface area contributed by atoms with E-state index in [0.717, 1.165) is 28.6 Å². The van der Waals surface area contributed by atoms with Gasteiger partial charge in [0, 0.05) is 16.8 Å². The van der Waals surface area contributed by atoms with Crippen molar-refractivity contribution in [2.75, 3.05) is 12.0 Å². The molecular formula is C25H21N3O2S2. The van der Waals surface area contributed by atoms with Gasteiger partial charge in [-0.1, -0.05) is 12.1 Å². The Kier molecular flexibility index (Phi) is 5.75. The Morgan fingerprint density at radius 2 is 1.62 bits per heavy atom. The normalized spacial score (nSPS) is 17.8. The predicted molar refractivity (Wildman–Crippen MR) is 132 cm³/mol. The molecule has 2 atom stereocenters. The third-order valence-electron chi connectivity index (χ3n) is 5.34.